The van der Waals surface area contributed by atoms with Crippen molar-refractivity contribution in [2.75, 3.05) is 7.11 Å². The van der Waals surface area contributed by atoms with Gasteiger partial charge in [0.25, 0.3) is 0 Å². The smallest absolute Gasteiger partial charge is 0.337 e. The van der Waals surface area contributed by atoms with E-state index < -0.39 is 5.97 Å². The average Bonchev–Trinajstić information content (AvgIpc) is 2.35. The summed E-state index contributed by atoms with van der Waals surface area (Å²) < 4.78 is 4.62. The molecule has 0 atom stereocenters. The Hall–Kier alpha value is -1.91. The number of carbonyl (C=O) groups excluding carboxylic acids is 2. The van der Waals surface area contributed by atoms with Gasteiger partial charge in [-0.3, -0.25) is 9.78 Å². The Balaban J connectivity index is 2.57. The van der Waals surface area contributed by atoms with E-state index in [-0.39, 0.29) is 5.91 Å². The summed E-state index contributed by atoms with van der Waals surface area (Å²) in [6.07, 6.45) is 2.01. The highest BCUT2D eigenvalue weighted by Crippen LogP contribution is 2.04. The molecule has 0 saturated heterocycles. The Bertz CT molecular complexity index is 430. The van der Waals surface area contributed by atoms with E-state index in [0.29, 0.717) is 30.1 Å². The SMILES string of the molecule is COC(=O)c1ccnc(CNC(=O)CC(C)C)c1. The molecule has 1 rings (SSSR count). The fourth-order valence-electron chi connectivity index (χ4n) is 1.45. The van der Waals surface area contributed by atoms with Gasteiger partial charge in [0.2, 0.25) is 5.91 Å². The number of carbonyl (C=O) groups is 2. The normalized spacial score (nSPS) is 10.2. The van der Waals surface area contributed by atoms with Gasteiger partial charge in [0, 0.05) is 12.6 Å². The molecule has 0 bridgehead atoms. The van der Waals surface area contributed by atoms with Crippen LogP contribution in [0.15, 0.2) is 18.3 Å². The molecule has 0 aliphatic heterocycles. The van der Waals surface area contributed by atoms with Gasteiger partial charge >= 0.3 is 5.97 Å². The molecule has 0 fully saturated rings. The number of amides is 1. The molecule has 1 heterocycles. The third kappa shape index (κ3) is 4.53. The van der Waals surface area contributed by atoms with Gasteiger partial charge < -0.3 is 10.1 Å². The minimum Gasteiger partial charge on any atom is -0.465 e. The van der Waals surface area contributed by atoms with Crippen LogP contribution >= 0.6 is 0 Å². The molecule has 5 heteroatoms. The first-order valence-electron chi connectivity index (χ1n) is 5.83. The first kappa shape index (κ1) is 14.2. The van der Waals surface area contributed by atoms with E-state index in [4.69, 9.17) is 0 Å². The zero-order valence-corrected chi connectivity index (χ0v) is 10.9. The molecule has 0 aromatic carbocycles. The lowest BCUT2D eigenvalue weighted by atomic mass is 10.1. The van der Waals surface area contributed by atoms with Crippen molar-refractivity contribution in [2.45, 2.75) is 26.8 Å². The van der Waals surface area contributed by atoms with Gasteiger partial charge in [0.1, 0.15) is 0 Å². The third-order valence-corrected chi connectivity index (χ3v) is 2.30. The van der Waals surface area contributed by atoms with Crippen molar-refractivity contribution in [1.82, 2.24) is 10.3 Å². The zero-order valence-electron chi connectivity index (χ0n) is 10.9. The Labute approximate surface area is 107 Å². The minimum absolute atomic E-state index is 0.0183. The van der Waals surface area contributed by atoms with Crippen LogP contribution < -0.4 is 5.32 Å². The molecule has 0 unspecified atom stereocenters. The summed E-state index contributed by atoms with van der Waals surface area (Å²) in [5, 5.41) is 2.76. The number of methoxy groups -OCH3 is 1. The maximum Gasteiger partial charge on any atom is 0.337 e. The van der Waals surface area contributed by atoms with E-state index in [1.807, 2.05) is 13.8 Å². The first-order valence-corrected chi connectivity index (χ1v) is 5.83. The lowest BCUT2D eigenvalue weighted by Crippen LogP contribution is -2.24. The van der Waals surface area contributed by atoms with Crippen LogP contribution in [0.1, 0.15) is 36.3 Å². The van der Waals surface area contributed by atoms with Gasteiger partial charge in [-0.1, -0.05) is 13.8 Å². The summed E-state index contributed by atoms with van der Waals surface area (Å²) in [6, 6.07) is 3.19. The van der Waals surface area contributed by atoms with Crippen LogP contribution in [0.4, 0.5) is 0 Å². The summed E-state index contributed by atoms with van der Waals surface area (Å²) in [5.74, 6) is -0.109. The van der Waals surface area contributed by atoms with Crippen molar-refractivity contribution < 1.29 is 14.3 Å². The molecule has 0 radical (unpaired) electrons. The molecule has 0 spiro atoms. The highest BCUT2D eigenvalue weighted by atomic mass is 16.5. The molecule has 5 nitrogen and oxygen atoms in total. The summed E-state index contributed by atoms with van der Waals surface area (Å²) >= 11 is 0. The quantitative estimate of drug-likeness (QED) is 0.805. The molecule has 1 N–H and O–H groups in total. The van der Waals surface area contributed by atoms with Gasteiger partial charge in [-0.05, 0) is 18.1 Å². The summed E-state index contributed by atoms with van der Waals surface area (Å²) in [6.45, 7) is 4.28. The molecule has 1 aromatic rings. The first-order chi connectivity index (χ1) is 8.52. The minimum atomic E-state index is -0.410. The topological polar surface area (TPSA) is 68.3 Å². The zero-order chi connectivity index (χ0) is 13.5. The van der Waals surface area contributed by atoms with Gasteiger partial charge in [0.05, 0.1) is 24.9 Å². The second kappa shape index (κ2) is 6.74. The van der Waals surface area contributed by atoms with Gasteiger partial charge in [0.15, 0.2) is 0 Å². The van der Waals surface area contributed by atoms with Crippen LogP contribution in [0.25, 0.3) is 0 Å². The number of hydrogen-bond donors (Lipinski definition) is 1. The maximum absolute atomic E-state index is 11.5. The van der Waals surface area contributed by atoms with Crippen molar-refractivity contribution in [1.29, 1.82) is 0 Å². The van der Waals surface area contributed by atoms with E-state index in [2.05, 4.69) is 15.0 Å². The number of esters is 1. The molecular formula is C13H18N2O3. The molecular weight excluding hydrogens is 232 g/mol. The Morgan fingerprint density at radius 1 is 1.44 bits per heavy atom. The largest absolute Gasteiger partial charge is 0.465 e. The predicted molar refractivity (Wildman–Crippen MR) is 66.9 cm³/mol. The van der Waals surface area contributed by atoms with E-state index in [1.165, 1.54) is 13.3 Å². The van der Waals surface area contributed by atoms with E-state index in [9.17, 15) is 9.59 Å². The highest BCUT2D eigenvalue weighted by Gasteiger charge is 2.08. The fourth-order valence-corrected chi connectivity index (χ4v) is 1.45. The Kier molecular flexibility index (Phi) is 5.30. The molecule has 0 aliphatic rings. The number of aromatic nitrogens is 1. The molecule has 98 valence electrons. The van der Waals surface area contributed by atoms with Crippen molar-refractivity contribution in [2.24, 2.45) is 5.92 Å². The molecule has 18 heavy (non-hydrogen) atoms. The second-order valence-corrected chi connectivity index (χ2v) is 4.40. The van der Waals surface area contributed by atoms with Crippen LogP contribution in [0.5, 0.6) is 0 Å². The Morgan fingerprint density at radius 3 is 2.78 bits per heavy atom. The number of nitrogens with one attached hydrogen (secondary N) is 1. The van der Waals surface area contributed by atoms with E-state index in [0.717, 1.165) is 0 Å². The van der Waals surface area contributed by atoms with Crippen molar-refractivity contribution in [3.05, 3.63) is 29.6 Å². The summed E-state index contributed by atoms with van der Waals surface area (Å²) in [7, 11) is 1.33. The van der Waals surface area contributed by atoms with Gasteiger partial charge in [-0.15, -0.1) is 0 Å². The molecule has 0 saturated carbocycles. The van der Waals surface area contributed by atoms with Crippen LogP contribution in [-0.4, -0.2) is 24.0 Å². The van der Waals surface area contributed by atoms with Crippen molar-refractivity contribution in [3.8, 4) is 0 Å². The third-order valence-electron chi connectivity index (χ3n) is 2.30. The standard InChI is InChI=1S/C13H18N2O3/c1-9(2)6-12(16)15-8-11-7-10(4-5-14-11)13(17)18-3/h4-5,7,9H,6,8H2,1-3H3,(H,15,16). The number of hydrogen-bond acceptors (Lipinski definition) is 4. The second-order valence-electron chi connectivity index (χ2n) is 4.40. The fraction of sp³-hybridized carbons (Fsp3) is 0.462. The van der Waals surface area contributed by atoms with Crippen LogP contribution in [-0.2, 0) is 16.1 Å². The summed E-state index contributed by atoms with van der Waals surface area (Å²) in [5.41, 5.74) is 1.07. The van der Waals surface area contributed by atoms with E-state index >= 15 is 0 Å². The van der Waals surface area contributed by atoms with Crippen molar-refractivity contribution >= 4 is 11.9 Å². The number of pyridine rings is 1. The highest BCUT2D eigenvalue weighted by molar-refractivity contribution is 5.89. The number of nitrogens with zero attached hydrogens (tertiary/aromatic N) is 1. The lowest BCUT2D eigenvalue weighted by molar-refractivity contribution is -0.121. The van der Waals surface area contributed by atoms with Gasteiger partial charge in [-0.25, -0.2) is 4.79 Å². The Morgan fingerprint density at radius 2 is 2.17 bits per heavy atom. The molecule has 1 aromatic heterocycles. The maximum atomic E-state index is 11.5. The van der Waals surface area contributed by atoms with Crippen molar-refractivity contribution in [3.63, 3.8) is 0 Å². The number of rotatable bonds is 5. The number of ether oxygens (including phenoxy) is 1. The lowest BCUT2D eigenvalue weighted by Gasteiger charge is -2.07. The average molecular weight is 250 g/mol. The van der Waals surface area contributed by atoms with Gasteiger partial charge in [-0.2, -0.15) is 0 Å². The van der Waals surface area contributed by atoms with Crippen LogP contribution in [0.2, 0.25) is 0 Å². The van der Waals surface area contributed by atoms with Crippen LogP contribution in [0, 0.1) is 5.92 Å². The summed E-state index contributed by atoms with van der Waals surface area (Å²) in [4.78, 5) is 26.9. The monoisotopic (exact) mass is 250 g/mol. The van der Waals surface area contributed by atoms with Crippen LogP contribution in [0.3, 0.4) is 0 Å². The van der Waals surface area contributed by atoms with E-state index in [1.54, 1.807) is 12.1 Å². The molecule has 0 aliphatic carbocycles. The predicted octanol–water partition coefficient (Wildman–Crippen LogP) is 1.53. The molecule has 1 amide bonds.